The number of ether oxygens (including phenoxy) is 1. The number of nitrogens with one attached hydrogen (secondary N) is 1. The molecule has 2 amide bonds. The maximum Gasteiger partial charge on any atom is 0.319 e. The molecule has 0 bridgehead atoms. The van der Waals surface area contributed by atoms with Gasteiger partial charge in [0.15, 0.2) is 5.82 Å². The third-order valence-electron chi connectivity index (χ3n) is 16.4. The van der Waals surface area contributed by atoms with Crippen molar-refractivity contribution >= 4 is 50.2 Å². The number of aromatic hydroxyl groups is 1. The van der Waals surface area contributed by atoms with Crippen LogP contribution in [0.2, 0.25) is 0 Å². The first-order valence-electron chi connectivity index (χ1n) is 25.6. The second-order valence-corrected chi connectivity index (χ2v) is 21.6. The molecule has 0 unspecified atom stereocenters. The molecular formula is C55H63F3N8O5. The van der Waals surface area contributed by atoms with Gasteiger partial charge in [0.1, 0.15) is 28.7 Å². The quantitative estimate of drug-likeness (QED) is 0.101. The van der Waals surface area contributed by atoms with Gasteiger partial charge in [-0.15, -0.1) is 0 Å². The Morgan fingerprint density at radius 3 is 2.39 bits per heavy atom. The van der Waals surface area contributed by atoms with Crippen LogP contribution in [0.25, 0.3) is 43.7 Å². The average molecular weight is 973 g/mol. The van der Waals surface area contributed by atoms with Crippen LogP contribution >= 0.6 is 0 Å². The third kappa shape index (κ3) is 9.20. The molecular weight excluding hydrogens is 910 g/mol. The Hall–Kier alpha value is -5.84. The Balaban J connectivity index is 0.753. The van der Waals surface area contributed by atoms with E-state index in [9.17, 15) is 19.8 Å². The smallest absolute Gasteiger partial charge is 0.319 e. The number of imide groups is 1. The molecule has 71 heavy (non-hydrogen) atoms. The number of nitrogens with zero attached hydrogens (tertiary/aromatic N) is 7. The molecule has 2 aromatic heterocycles. The van der Waals surface area contributed by atoms with Crippen molar-refractivity contribution in [3.05, 3.63) is 82.8 Å². The molecule has 13 nitrogen and oxygen atoms in total. The first-order chi connectivity index (χ1) is 34.2. The van der Waals surface area contributed by atoms with E-state index in [0.717, 1.165) is 94.4 Å². The van der Waals surface area contributed by atoms with Crippen molar-refractivity contribution < 1.29 is 37.7 Å². The van der Waals surface area contributed by atoms with Gasteiger partial charge in [0.2, 0.25) is 11.8 Å². The van der Waals surface area contributed by atoms with Crippen molar-refractivity contribution in [1.29, 1.82) is 0 Å². The molecule has 6 heterocycles. The summed E-state index contributed by atoms with van der Waals surface area (Å²) in [6, 6.07) is 13.1. The van der Waals surface area contributed by atoms with E-state index in [4.69, 9.17) is 14.8 Å². The number of halogens is 3. The first kappa shape index (κ1) is 47.5. The maximum atomic E-state index is 17.2. The molecule has 5 aliphatic rings. The number of fused-ring (bicyclic) bond motifs is 3. The summed E-state index contributed by atoms with van der Waals surface area (Å²) >= 11 is 0. The second-order valence-electron chi connectivity index (χ2n) is 21.6. The number of carbonyl (C=O) groups is 2. The summed E-state index contributed by atoms with van der Waals surface area (Å²) in [6.07, 6.45) is 8.60. The molecule has 0 radical (unpaired) electrons. The Morgan fingerprint density at radius 2 is 1.66 bits per heavy atom. The van der Waals surface area contributed by atoms with Crippen molar-refractivity contribution in [3.8, 4) is 22.9 Å². The number of phenols is 1. The molecule has 0 spiro atoms. The zero-order valence-electron chi connectivity index (χ0n) is 40.9. The maximum absolute atomic E-state index is 17.2. The summed E-state index contributed by atoms with van der Waals surface area (Å²) in [5, 5.41) is 31.1. The molecule has 1 aliphatic carbocycles. The number of piperidine rings is 4. The standard InChI is InChI=1S/C55H63F3N8O5/c1-4-36-42(56)11-9-34-25-35(67)26-40(45(34)36)46-43(57)27-41-49(47(46)58)60-53(61-51(41)66-20-6-17-54(2,70)29-66)71-31-55(18-19-55)30-65-21-13-32(14-22-65)28-64-23-15-33(16-24-64)37-7-5-8-38-48(62-63(3)50(37)38)39-10-12-44(68)59-52(39)69/h5,7-9,11,25-27,32-33,39,67,70H,4,6,10,12-24,28-31H2,1-3H3,(H,59,68,69)/t39-,54-/m1/s1. The minimum Gasteiger partial charge on any atom is -0.508 e. The SMILES string of the molecule is CCc1c(F)ccc2cc(O)cc(-c3c(F)cc4c(N5CCC[C@@](C)(O)C5)nc(OCC5(CN6CCC(CN7CCC(c8cccc9c([C@H]%10CCC(=O)NC%10=O)nn(C)c89)CC7)CC6)CC5)nc4c3F)c12. The number of hydrogen-bond donors (Lipinski definition) is 3. The van der Waals surface area contributed by atoms with Crippen molar-refractivity contribution in [2.24, 2.45) is 18.4 Å². The molecule has 1 saturated carbocycles. The molecule has 374 valence electrons. The van der Waals surface area contributed by atoms with Gasteiger partial charge in [0.05, 0.1) is 34.9 Å². The van der Waals surface area contributed by atoms with E-state index in [1.54, 1.807) is 13.8 Å². The molecule has 4 aromatic carbocycles. The van der Waals surface area contributed by atoms with Gasteiger partial charge in [-0.1, -0.05) is 31.2 Å². The minimum absolute atomic E-state index is 0.0292. The van der Waals surface area contributed by atoms with Crippen LogP contribution in [0.15, 0.2) is 48.5 Å². The molecule has 5 fully saturated rings. The van der Waals surface area contributed by atoms with Gasteiger partial charge >= 0.3 is 6.01 Å². The van der Waals surface area contributed by atoms with E-state index >= 15 is 13.2 Å². The highest BCUT2D eigenvalue weighted by atomic mass is 19.1. The Morgan fingerprint density at radius 1 is 0.887 bits per heavy atom. The third-order valence-corrected chi connectivity index (χ3v) is 16.4. The molecule has 2 atom stereocenters. The van der Waals surface area contributed by atoms with Crippen molar-refractivity contribution in [2.75, 3.05) is 63.9 Å². The number of carbonyl (C=O) groups excluding carboxylic acids is 2. The Labute approximate surface area is 411 Å². The summed E-state index contributed by atoms with van der Waals surface area (Å²) < 4.78 is 57.3. The van der Waals surface area contributed by atoms with Gasteiger partial charge in [-0.25, -0.2) is 13.2 Å². The fraction of sp³-hybridized carbons (Fsp3) is 0.509. The highest BCUT2D eigenvalue weighted by Gasteiger charge is 2.46. The topological polar surface area (TPSA) is 149 Å². The number of aryl methyl sites for hydroxylation is 2. The number of phenolic OH excluding ortho intramolecular Hbond substituents is 1. The van der Waals surface area contributed by atoms with Crippen LogP contribution in [-0.2, 0) is 23.1 Å². The lowest BCUT2D eigenvalue weighted by atomic mass is 9.86. The van der Waals surface area contributed by atoms with E-state index in [0.29, 0.717) is 61.4 Å². The predicted molar refractivity (Wildman–Crippen MR) is 266 cm³/mol. The van der Waals surface area contributed by atoms with Crippen LogP contribution in [0.4, 0.5) is 19.0 Å². The highest BCUT2D eigenvalue weighted by Crippen LogP contribution is 2.48. The number of benzene rings is 4. The lowest BCUT2D eigenvalue weighted by Gasteiger charge is -2.38. The Kier molecular flexibility index (Phi) is 12.5. The monoisotopic (exact) mass is 972 g/mol. The van der Waals surface area contributed by atoms with Crippen LogP contribution in [0.5, 0.6) is 11.8 Å². The van der Waals surface area contributed by atoms with E-state index in [1.165, 1.54) is 35.9 Å². The van der Waals surface area contributed by atoms with Crippen LogP contribution in [0.1, 0.15) is 107 Å². The van der Waals surface area contributed by atoms with Crippen molar-refractivity contribution in [2.45, 2.75) is 102 Å². The summed E-state index contributed by atoms with van der Waals surface area (Å²) in [4.78, 5) is 41.0. The van der Waals surface area contributed by atoms with Crippen LogP contribution in [-0.4, -0.2) is 116 Å². The van der Waals surface area contributed by atoms with Gasteiger partial charge in [-0.3, -0.25) is 19.6 Å². The normalized spacial score (nSPS) is 22.7. The van der Waals surface area contributed by atoms with Gasteiger partial charge < -0.3 is 29.6 Å². The van der Waals surface area contributed by atoms with E-state index in [2.05, 4.69) is 38.3 Å². The van der Waals surface area contributed by atoms with Crippen molar-refractivity contribution in [1.82, 2.24) is 34.9 Å². The number of likely N-dealkylation sites (tertiary alicyclic amines) is 2. The number of para-hydroxylation sites is 1. The number of aliphatic hydroxyl groups is 1. The zero-order valence-corrected chi connectivity index (χ0v) is 40.9. The van der Waals surface area contributed by atoms with Crippen LogP contribution in [0, 0.1) is 28.8 Å². The second kappa shape index (κ2) is 18.6. The van der Waals surface area contributed by atoms with Crippen LogP contribution in [0.3, 0.4) is 0 Å². The van der Waals surface area contributed by atoms with Gasteiger partial charge in [-0.05, 0) is 161 Å². The number of rotatable bonds is 12. The molecule has 4 saturated heterocycles. The highest BCUT2D eigenvalue weighted by molar-refractivity contribution is 6.04. The van der Waals surface area contributed by atoms with Gasteiger partial charge in [-0.2, -0.15) is 15.1 Å². The fourth-order valence-electron chi connectivity index (χ4n) is 12.4. The summed E-state index contributed by atoms with van der Waals surface area (Å²) in [5.41, 5.74) is 1.73. The minimum atomic E-state index is -1.04. The first-order valence-corrected chi connectivity index (χ1v) is 25.6. The summed E-state index contributed by atoms with van der Waals surface area (Å²) in [7, 11) is 1.95. The Bertz CT molecular complexity index is 3070. The predicted octanol–water partition coefficient (Wildman–Crippen LogP) is 8.64. The largest absolute Gasteiger partial charge is 0.508 e. The number of β-amino-alcohol motifs (C(OH)–C–C–N with tert-alkyl or cyclic N) is 1. The number of aromatic nitrogens is 4. The zero-order chi connectivity index (χ0) is 49.3. The van der Waals surface area contributed by atoms with E-state index in [-0.39, 0.29) is 69.8 Å². The molecule has 11 rings (SSSR count). The molecule has 3 N–H and O–H groups in total. The fourth-order valence-corrected chi connectivity index (χ4v) is 12.4. The molecule has 16 heteroatoms. The summed E-state index contributed by atoms with van der Waals surface area (Å²) in [5.74, 6) is -2.19. The summed E-state index contributed by atoms with van der Waals surface area (Å²) in [6.45, 7) is 10.6. The van der Waals surface area contributed by atoms with E-state index in [1.807, 2.05) is 16.6 Å². The van der Waals surface area contributed by atoms with E-state index < -0.39 is 34.5 Å². The van der Waals surface area contributed by atoms with Gasteiger partial charge in [0, 0.05) is 55.8 Å². The average Bonchev–Trinajstić information content (AvgIpc) is 4.03. The lowest BCUT2D eigenvalue weighted by Crippen LogP contribution is -2.46. The van der Waals surface area contributed by atoms with Crippen molar-refractivity contribution in [3.63, 3.8) is 0 Å². The molecule has 4 aliphatic heterocycles. The van der Waals surface area contributed by atoms with Gasteiger partial charge in [0.25, 0.3) is 0 Å². The number of anilines is 1. The van der Waals surface area contributed by atoms with Crippen LogP contribution < -0.4 is 15.0 Å². The lowest BCUT2D eigenvalue weighted by molar-refractivity contribution is -0.134. The number of hydrogen-bond acceptors (Lipinski definition) is 11. The number of amides is 2. The molecule has 6 aromatic rings.